The predicted molar refractivity (Wildman–Crippen MR) is 168 cm³/mol. The third kappa shape index (κ3) is 4.20. The van der Waals surface area contributed by atoms with Crippen molar-refractivity contribution in [2.45, 2.75) is 68.4 Å². The second-order valence-electron chi connectivity index (χ2n) is 13.3. The molecule has 0 unspecified atom stereocenters. The van der Waals surface area contributed by atoms with Crippen LogP contribution in [0.4, 0.5) is 14.6 Å². The van der Waals surface area contributed by atoms with Gasteiger partial charge < -0.3 is 19.7 Å². The SMILES string of the molecule is C#Cc1cccc2cccc(-c3nc4c5c(nc(OC[C@@]67CCCN6C[C@H](F)C7)nc5c3F)N3C[C@H]5CC[C@H](N5)[C@H]3CCO4)c12. The fourth-order valence-electron chi connectivity index (χ4n) is 8.73. The number of nitrogens with zero attached hydrogens (tertiary/aromatic N) is 5. The van der Waals surface area contributed by atoms with Crippen LogP contribution in [-0.2, 0) is 0 Å². The van der Waals surface area contributed by atoms with E-state index in [4.69, 9.17) is 30.8 Å². The number of aromatic nitrogens is 3. The van der Waals surface area contributed by atoms with Gasteiger partial charge in [0, 0.05) is 60.6 Å². The lowest BCUT2D eigenvalue weighted by Crippen LogP contribution is -2.59. The van der Waals surface area contributed by atoms with Crippen molar-refractivity contribution in [3.05, 3.63) is 47.8 Å². The van der Waals surface area contributed by atoms with Crippen molar-refractivity contribution < 1.29 is 18.3 Å². The number of benzene rings is 2. The summed E-state index contributed by atoms with van der Waals surface area (Å²) in [5, 5.41) is 5.85. The number of hydrogen-bond acceptors (Lipinski definition) is 8. The molecule has 5 aliphatic heterocycles. The molecule has 2 aromatic carbocycles. The van der Waals surface area contributed by atoms with E-state index in [1.807, 2.05) is 36.4 Å². The lowest BCUT2D eigenvalue weighted by atomic mass is 9.95. The van der Waals surface area contributed by atoms with Crippen molar-refractivity contribution in [3.63, 3.8) is 0 Å². The lowest BCUT2D eigenvalue weighted by Gasteiger charge is -2.43. The van der Waals surface area contributed by atoms with E-state index < -0.39 is 12.0 Å². The van der Waals surface area contributed by atoms with Gasteiger partial charge in [0.05, 0.1) is 12.1 Å². The number of ether oxygens (including phenoxy) is 2. The molecule has 5 atom stereocenters. The van der Waals surface area contributed by atoms with Gasteiger partial charge in [-0.3, -0.25) is 4.90 Å². The Hall–Kier alpha value is -4.07. The first-order chi connectivity index (χ1) is 22.0. The van der Waals surface area contributed by atoms with Crippen molar-refractivity contribution in [1.29, 1.82) is 0 Å². The van der Waals surface area contributed by atoms with Crippen LogP contribution in [-0.4, -0.2) is 82.5 Å². The molecule has 0 saturated carbocycles. The molecule has 45 heavy (non-hydrogen) atoms. The average Bonchev–Trinajstić information content (AvgIpc) is 3.72. The number of piperazine rings is 1. The highest BCUT2D eigenvalue weighted by Crippen LogP contribution is 2.44. The van der Waals surface area contributed by atoms with E-state index in [0.717, 1.165) is 56.0 Å². The fraction of sp³-hybridized carbons (Fsp3) is 0.457. The summed E-state index contributed by atoms with van der Waals surface area (Å²) >= 11 is 0. The Balaban J connectivity index is 1.24. The summed E-state index contributed by atoms with van der Waals surface area (Å²) in [6.07, 6.45) is 10.2. The molecule has 9 rings (SSSR count). The Kier molecular flexibility index (Phi) is 6.19. The molecule has 2 aromatic heterocycles. The third-order valence-electron chi connectivity index (χ3n) is 10.7. The largest absolute Gasteiger partial charge is 0.477 e. The zero-order valence-electron chi connectivity index (χ0n) is 24.9. The van der Waals surface area contributed by atoms with Gasteiger partial charge in [-0.1, -0.05) is 36.3 Å². The van der Waals surface area contributed by atoms with Gasteiger partial charge >= 0.3 is 6.01 Å². The van der Waals surface area contributed by atoms with Gasteiger partial charge in [0.15, 0.2) is 5.82 Å². The van der Waals surface area contributed by atoms with Crippen molar-refractivity contribution in [1.82, 2.24) is 25.2 Å². The van der Waals surface area contributed by atoms with Crippen LogP contribution in [0.3, 0.4) is 0 Å². The summed E-state index contributed by atoms with van der Waals surface area (Å²) in [5.74, 6) is 3.07. The highest BCUT2D eigenvalue weighted by molar-refractivity contribution is 6.03. The number of nitrogens with one attached hydrogen (secondary N) is 1. The Morgan fingerprint density at radius 3 is 2.87 bits per heavy atom. The van der Waals surface area contributed by atoms with Crippen LogP contribution >= 0.6 is 0 Å². The van der Waals surface area contributed by atoms with Gasteiger partial charge in [0.2, 0.25) is 5.88 Å². The highest BCUT2D eigenvalue weighted by Gasteiger charge is 2.49. The number of terminal acetylenes is 1. The molecule has 8 nitrogen and oxygen atoms in total. The van der Waals surface area contributed by atoms with Gasteiger partial charge in [-0.25, -0.2) is 13.8 Å². The molecule has 0 radical (unpaired) electrons. The molecule has 4 fully saturated rings. The Bertz CT molecular complexity index is 1890. The Labute approximate surface area is 260 Å². The topological polar surface area (TPSA) is 75.6 Å². The van der Waals surface area contributed by atoms with Gasteiger partial charge in [-0.2, -0.15) is 9.97 Å². The third-order valence-corrected chi connectivity index (χ3v) is 10.7. The van der Waals surface area contributed by atoms with Crippen LogP contribution in [0.25, 0.3) is 32.9 Å². The molecule has 7 heterocycles. The van der Waals surface area contributed by atoms with Gasteiger partial charge in [0.25, 0.3) is 0 Å². The summed E-state index contributed by atoms with van der Waals surface area (Å²) in [4.78, 5) is 19.0. The number of anilines is 1. The maximum absolute atomic E-state index is 17.0. The van der Waals surface area contributed by atoms with Crippen molar-refractivity contribution in [2.75, 3.05) is 37.7 Å². The first kappa shape index (κ1) is 27.3. The quantitative estimate of drug-likeness (QED) is 0.324. The molecule has 0 amide bonds. The molecule has 230 valence electrons. The van der Waals surface area contributed by atoms with Gasteiger partial charge in [-0.05, 0) is 43.7 Å². The monoisotopic (exact) mass is 608 g/mol. The van der Waals surface area contributed by atoms with E-state index in [1.54, 1.807) is 0 Å². The van der Waals surface area contributed by atoms with E-state index >= 15 is 4.39 Å². The molecular weight excluding hydrogens is 574 g/mol. The predicted octanol–water partition coefficient (Wildman–Crippen LogP) is 5.01. The minimum Gasteiger partial charge on any atom is -0.477 e. The summed E-state index contributed by atoms with van der Waals surface area (Å²) in [5.41, 5.74) is 1.07. The fourth-order valence-corrected chi connectivity index (χ4v) is 8.73. The van der Waals surface area contributed by atoms with Gasteiger partial charge in [0.1, 0.15) is 35.2 Å². The standard InChI is InChI=1S/C35H34F2N6O2/c1-2-20-6-3-7-21-8-4-9-24(27(20)21)30-29(37)31-28-32(41-34(40-31)45-19-35-13-5-14-42(35)17-22(36)16-35)43-18-23-10-11-25(38-23)26(43)12-15-44-33(28)39-30/h1,3-4,6-9,22-23,25-26,38H,5,10-19H2/t22-,23-,25+,26-,35+/m1/s1. The first-order valence-corrected chi connectivity index (χ1v) is 16.1. The van der Waals surface area contributed by atoms with E-state index in [-0.39, 0.29) is 35.4 Å². The number of fused-ring (bicyclic) bond motifs is 7. The van der Waals surface area contributed by atoms with Crippen molar-refractivity contribution in [3.8, 4) is 35.5 Å². The second-order valence-corrected chi connectivity index (χ2v) is 13.3. The Morgan fingerprint density at radius 1 is 1.09 bits per heavy atom. The second kappa shape index (κ2) is 10.2. The number of pyridine rings is 1. The average molecular weight is 609 g/mol. The normalized spacial score (nSPS) is 28.8. The number of alkyl halides is 1. The van der Waals surface area contributed by atoms with Crippen LogP contribution in [0, 0.1) is 18.2 Å². The molecule has 0 aliphatic carbocycles. The van der Waals surface area contributed by atoms with E-state index in [9.17, 15) is 4.39 Å². The summed E-state index contributed by atoms with van der Waals surface area (Å²) < 4.78 is 44.3. The molecule has 4 aromatic rings. The Morgan fingerprint density at radius 2 is 1.98 bits per heavy atom. The smallest absolute Gasteiger partial charge is 0.319 e. The molecular formula is C35H34F2N6O2. The minimum absolute atomic E-state index is 0.0930. The van der Waals surface area contributed by atoms with Crippen LogP contribution in [0.2, 0.25) is 0 Å². The molecule has 10 heteroatoms. The summed E-state index contributed by atoms with van der Waals surface area (Å²) in [7, 11) is 0. The molecule has 0 spiro atoms. The van der Waals surface area contributed by atoms with E-state index in [2.05, 4.69) is 21.0 Å². The first-order valence-electron chi connectivity index (χ1n) is 16.1. The zero-order chi connectivity index (χ0) is 30.3. The van der Waals surface area contributed by atoms with Crippen molar-refractivity contribution in [2.24, 2.45) is 0 Å². The molecule has 4 saturated heterocycles. The summed E-state index contributed by atoms with van der Waals surface area (Å²) in [6.45, 7) is 2.71. The van der Waals surface area contributed by atoms with Crippen LogP contribution < -0.4 is 19.7 Å². The van der Waals surface area contributed by atoms with Crippen LogP contribution in [0.5, 0.6) is 11.9 Å². The highest BCUT2D eigenvalue weighted by atomic mass is 19.1. The number of hydrogen-bond donors (Lipinski definition) is 1. The minimum atomic E-state index is -0.878. The van der Waals surface area contributed by atoms with E-state index in [1.165, 1.54) is 0 Å². The lowest BCUT2D eigenvalue weighted by molar-refractivity contribution is 0.107. The number of halogens is 2. The maximum Gasteiger partial charge on any atom is 0.319 e. The maximum atomic E-state index is 17.0. The van der Waals surface area contributed by atoms with Crippen LogP contribution in [0.15, 0.2) is 36.4 Å². The molecule has 1 N–H and O–H groups in total. The molecule has 2 bridgehead atoms. The molecule has 5 aliphatic rings. The summed E-state index contributed by atoms with van der Waals surface area (Å²) in [6, 6.07) is 12.2. The van der Waals surface area contributed by atoms with Crippen LogP contribution in [0.1, 0.15) is 44.1 Å². The van der Waals surface area contributed by atoms with E-state index in [0.29, 0.717) is 59.9 Å². The zero-order valence-corrected chi connectivity index (χ0v) is 24.9. The number of rotatable bonds is 4. The van der Waals surface area contributed by atoms with Crippen molar-refractivity contribution >= 4 is 27.5 Å². The van der Waals surface area contributed by atoms with Gasteiger partial charge in [-0.15, -0.1) is 6.42 Å².